The first-order valence-corrected chi connectivity index (χ1v) is 6.25. The summed E-state index contributed by atoms with van der Waals surface area (Å²) in [6.45, 7) is 2.57. The highest BCUT2D eigenvalue weighted by Crippen LogP contribution is 2.22. The summed E-state index contributed by atoms with van der Waals surface area (Å²) in [5.74, 6) is 0.268. The number of aromatic nitrogens is 1. The van der Waals surface area contributed by atoms with Crippen LogP contribution in [0.4, 0.5) is 0 Å². The monoisotopic (exact) mass is 244 g/mol. The van der Waals surface area contributed by atoms with E-state index in [1.165, 1.54) is 0 Å². The fraction of sp³-hybridized carbons (Fsp3) is 0.357. The summed E-state index contributed by atoms with van der Waals surface area (Å²) in [4.78, 5) is 4.61. The Labute approximate surface area is 106 Å². The van der Waals surface area contributed by atoms with Gasteiger partial charge in [0.15, 0.2) is 0 Å². The zero-order valence-corrected chi connectivity index (χ0v) is 10.1. The number of fused-ring (bicyclic) bond motifs is 1. The molecule has 3 rings (SSSR count). The summed E-state index contributed by atoms with van der Waals surface area (Å²) >= 11 is 0. The molecule has 0 radical (unpaired) electrons. The number of nitrogens with zero attached hydrogens (tertiary/aromatic N) is 1. The molecule has 1 aliphatic heterocycles. The summed E-state index contributed by atoms with van der Waals surface area (Å²) in [6.07, 6.45) is 1.06. The molecule has 1 atom stereocenters. The fourth-order valence-corrected chi connectivity index (χ4v) is 2.21. The number of rotatable bonds is 1. The van der Waals surface area contributed by atoms with Crippen LogP contribution in [0.1, 0.15) is 18.2 Å². The van der Waals surface area contributed by atoms with Crippen LogP contribution in [0.5, 0.6) is 5.75 Å². The molecule has 1 saturated heterocycles. The zero-order chi connectivity index (χ0) is 12.4. The Balaban J connectivity index is 1.94. The van der Waals surface area contributed by atoms with E-state index >= 15 is 0 Å². The van der Waals surface area contributed by atoms with Crippen LogP contribution in [0.2, 0.25) is 0 Å². The van der Waals surface area contributed by atoms with E-state index in [1.54, 1.807) is 12.1 Å². The van der Waals surface area contributed by atoms with Gasteiger partial charge in [-0.15, -0.1) is 0 Å². The van der Waals surface area contributed by atoms with Crippen molar-refractivity contribution in [1.29, 1.82) is 0 Å². The highest BCUT2D eigenvalue weighted by Gasteiger charge is 2.16. The van der Waals surface area contributed by atoms with Gasteiger partial charge in [0.05, 0.1) is 11.2 Å². The highest BCUT2D eigenvalue weighted by molar-refractivity contribution is 5.80. The molecule has 0 bridgehead atoms. The Hall–Kier alpha value is -1.65. The third kappa shape index (κ3) is 2.30. The average molecular weight is 244 g/mol. The molecule has 2 aromatic rings. The van der Waals surface area contributed by atoms with Crippen molar-refractivity contribution >= 4 is 10.9 Å². The summed E-state index contributed by atoms with van der Waals surface area (Å²) in [7, 11) is 0. The Morgan fingerprint density at radius 2 is 2.22 bits per heavy atom. The molecule has 2 N–H and O–H groups in total. The zero-order valence-electron chi connectivity index (χ0n) is 10.1. The minimum atomic E-state index is 0.0192. The normalized spacial score (nSPS) is 20.8. The summed E-state index contributed by atoms with van der Waals surface area (Å²) in [5.41, 5.74) is 1.83. The van der Waals surface area contributed by atoms with Crippen molar-refractivity contribution in [2.45, 2.75) is 12.5 Å². The quantitative estimate of drug-likeness (QED) is 0.805. The smallest absolute Gasteiger partial charge is 0.116 e. The highest BCUT2D eigenvalue weighted by atomic mass is 16.5. The van der Waals surface area contributed by atoms with Gasteiger partial charge >= 0.3 is 0 Å². The van der Waals surface area contributed by atoms with Crippen LogP contribution >= 0.6 is 0 Å². The van der Waals surface area contributed by atoms with E-state index in [4.69, 9.17) is 4.74 Å². The van der Waals surface area contributed by atoms with Crippen LogP contribution in [-0.4, -0.2) is 29.8 Å². The van der Waals surface area contributed by atoms with Crippen molar-refractivity contribution in [2.24, 2.45) is 0 Å². The molecule has 94 valence electrons. The Morgan fingerprint density at radius 3 is 3.17 bits per heavy atom. The predicted octanol–water partition coefficient (Wildman–Crippen LogP) is 1.99. The van der Waals surface area contributed by atoms with Gasteiger partial charge in [-0.05, 0) is 37.2 Å². The van der Waals surface area contributed by atoms with Gasteiger partial charge in [0.1, 0.15) is 11.9 Å². The first-order valence-electron chi connectivity index (χ1n) is 6.25. The van der Waals surface area contributed by atoms with Gasteiger partial charge in [-0.1, -0.05) is 6.07 Å². The van der Waals surface area contributed by atoms with Crippen LogP contribution in [0, 0.1) is 0 Å². The number of ether oxygens (including phenoxy) is 1. The van der Waals surface area contributed by atoms with E-state index in [2.05, 4.69) is 10.3 Å². The number of benzene rings is 1. The molecule has 18 heavy (non-hydrogen) atoms. The Morgan fingerprint density at radius 1 is 1.28 bits per heavy atom. The second kappa shape index (κ2) is 4.92. The van der Waals surface area contributed by atoms with E-state index in [1.807, 2.05) is 18.2 Å². The molecule has 1 aliphatic rings. The second-order valence-corrected chi connectivity index (χ2v) is 4.53. The van der Waals surface area contributed by atoms with Crippen molar-refractivity contribution in [3.05, 3.63) is 36.0 Å². The third-order valence-electron chi connectivity index (χ3n) is 3.17. The lowest BCUT2D eigenvalue weighted by Gasteiger charge is -2.14. The second-order valence-electron chi connectivity index (χ2n) is 4.53. The lowest BCUT2D eigenvalue weighted by atomic mass is 10.1. The summed E-state index contributed by atoms with van der Waals surface area (Å²) in [5, 5.41) is 13.7. The first kappa shape index (κ1) is 11.4. The topological polar surface area (TPSA) is 54.4 Å². The standard InChI is InChI=1S/C14H16N2O2/c17-11-3-5-12-10(8-11)2-4-13(16-12)14-9-15-6-1-7-18-14/h2-5,8,14-15,17H,1,6-7,9H2. The average Bonchev–Trinajstić information content (AvgIpc) is 2.67. The number of nitrogens with one attached hydrogen (secondary N) is 1. The van der Waals surface area contributed by atoms with E-state index in [-0.39, 0.29) is 11.9 Å². The molecule has 1 aromatic carbocycles. The summed E-state index contributed by atoms with van der Waals surface area (Å²) in [6, 6.07) is 9.16. The molecule has 0 spiro atoms. The Bertz CT molecular complexity index is 548. The van der Waals surface area contributed by atoms with E-state index in [0.717, 1.165) is 42.7 Å². The first-order chi connectivity index (χ1) is 8.83. The Kier molecular flexibility index (Phi) is 3.13. The van der Waals surface area contributed by atoms with Crippen molar-refractivity contribution < 1.29 is 9.84 Å². The minimum absolute atomic E-state index is 0.0192. The number of hydrogen-bond donors (Lipinski definition) is 2. The van der Waals surface area contributed by atoms with Gasteiger partial charge in [0.2, 0.25) is 0 Å². The number of aromatic hydroxyl groups is 1. The van der Waals surface area contributed by atoms with Crippen LogP contribution in [-0.2, 0) is 4.74 Å². The van der Waals surface area contributed by atoms with Gasteiger partial charge in [-0.2, -0.15) is 0 Å². The van der Waals surface area contributed by atoms with Gasteiger partial charge in [-0.3, -0.25) is 4.98 Å². The maximum absolute atomic E-state index is 9.42. The van der Waals surface area contributed by atoms with Crippen LogP contribution in [0.3, 0.4) is 0 Å². The van der Waals surface area contributed by atoms with Crippen molar-refractivity contribution in [3.63, 3.8) is 0 Å². The van der Waals surface area contributed by atoms with Crippen molar-refractivity contribution in [3.8, 4) is 5.75 Å². The van der Waals surface area contributed by atoms with Crippen molar-refractivity contribution in [1.82, 2.24) is 10.3 Å². The van der Waals surface area contributed by atoms with Crippen molar-refractivity contribution in [2.75, 3.05) is 19.7 Å². The molecule has 1 unspecified atom stereocenters. The number of phenolic OH excluding ortho intramolecular Hbond substituents is 1. The van der Waals surface area contributed by atoms with E-state index in [0.29, 0.717) is 0 Å². The molecular formula is C14H16N2O2. The predicted molar refractivity (Wildman–Crippen MR) is 69.6 cm³/mol. The van der Waals surface area contributed by atoms with E-state index in [9.17, 15) is 5.11 Å². The SMILES string of the molecule is Oc1ccc2nc(C3CNCCCO3)ccc2c1. The minimum Gasteiger partial charge on any atom is -0.508 e. The molecule has 2 heterocycles. The largest absolute Gasteiger partial charge is 0.508 e. The molecule has 0 saturated carbocycles. The molecule has 0 amide bonds. The van der Waals surface area contributed by atoms with Crippen LogP contribution in [0.25, 0.3) is 10.9 Å². The number of pyridine rings is 1. The molecular weight excluding hydrogens is 228 g/mol. The van der Waals surface area contributed by atoms with Crippen LogP contribution in [0.15, 0.2) is 30.3 Å². The third-order valence-corrected chi connectivity index (χ3v) is 3.17. The molecule has 4 nitrogen and oxygen atoms in total. The molecule has 1 fully saturated rings. The lowest BCUT2D eigenvalue weighted by Crippen LogP contribution is -2.20. The summed E-state index contributed by atoms with van der Waals surface area (Å²) < 4.78 is 5.79. The molecule has 0 aliphatic carbocycles. The maximum Gasteiger partial charge on any atom is 0.116 e. The van der Waals surface area contributed by atoms with Gasteiger partial charge < -0.3 is 15.2 Å². The maximum atomic E-state index is 9.42. The van der Waals surface area contributed by atoms with Gasteiger partial charge in [-0.25, -0.2) is 0 Å². The lowest BCUT2D eigenvalue weighted by molar-refractivity contribution is 0.0641. The van der Waals surface area contributed by atoms with E-state index < -0.39 is 0 Å². The number of hydrogen-bond acceptors (Lipinski definition) is 4. The molecule has 1 aromatic heterocycles. The van der Waals surface area contributed by atoms with Crippen LogP contribution < -0.4 is 5.32 Å². The van der Waals surface area contributed by atoms with Gasteiger partial charge in [0, 0.05) is 18.5 Å². The van der Waals surface area contributed by atoms with Gasteiger partial charge in [0.25, 0.3) is 0 Å². The number of phenols is 1. The fourth-order valence-electron chi connectivity index (χ4n) is 2.21. The molecule has 4 heteroatoms.